The highest BCUT2D eigenvalue weighted by atomic mass is 35.5. The molecule has 27 heavy (non-hydrogen) atoms. The third kappa shape index (κ3) is 4.28. The summed E-state index contributed by atoms with van der Waals surface area (Å²) >= 11 is 6.17. The Labute approximate surface area is 162 Å². The van der Waals surface area contributed by atoms with Crippen molar-refractivity contribution in [3.8, 4) is 5.88 Å². The molecule has 0 aliphatic heterocycles. The van der Waals surface area contributed by atoms with Gasteiger partial charge < -0.3 is 25.8 Å². The van der Waals surface area contributed by atoms with Gasteiger partial charge in [-0.25, -0.2) is 4.39 Å². The zero-order valence-corrected chi connectivity index (χ0v) is 16.4. The van der Waals surface area contributed by atoms with E-state index in [0.29, 0.717) is 51.4 Å². The highest BCUT2D eigenvalue weighted by Crippen LogP contribution is 2.32. The van der Waals surface area contributed by atoms with Crippen LogP contribution in [0.3, 0.4) is 0 Å². The van der Waals surface area contributed by atoms with Gasteiger partial charge in [-0.3, -0.25) is 0 Å². The molecule has 1 aromatic carbocycles. The molecule has 0 radical (unpaired) electrons. The van der Waals surface area contributed by atoms with Crippen molar-refractivity contribution in [2.24, 2.45) is 0 Å². The fourth-order valence-electron chi connectivity index (χ4n) is 2.57. The zero-order chi connectivity index (χ0) is 19.4. The summed E-state index contributed by atoms with van der Waals surface area (Å²) in [5.41, 5.74) is 2.34. The van der Waals surface area contributed by atoms with Gasteiger partial charge in [-0.15, -0.1) is 0 Å². The molecule has 10 heteroatoms. The number of alkyl halides is 1. The average molecular weight is 409 g/mol. The molecule has 0 saturated heterocycles. The Morgan fingerprint density at radius 3 is 2.89 bits per heavy atom. The Morgan fingerprint density at radius 2 is 2.19 bits per heavy atom. The van der Waals surface area contributed by atoms with E-state index in [1.54, 1.807) is 24.4 Å². The summed E-state index contributed by atoms with van der Waals surface area (Å²) in [6.45, 7) is 2.40. The van der Waals surface area contributed by atoms with Gasteiger partial charge in [0, 0.05) is 30.2 Å². The molecule has 142 valence electrons. The highest BCUT2D eigenvalue weighted by Gasteiger charge is 2.15. The van der Waals surface area contributed by atoms with Crippen molar-refractivity contribution in [3.05, 3.63) is 35.0 Å². The predicted molar refractivity (Wildman–Crippen MR) is 111 cm³/mol. The number of rotatable bonds is 8. The lowest BCUT2D eigenvalue weighted by Crippen LogP contribution is -2.11. The number of benzene rings is 1. The van der Waals surface area contributed by atoms with E-state index in [1.807, 2.05) is 6.92 Å². The van der Waals surface area contributed by atoms with Crippen molar-refractivity contribution in [1.29, 1.82) is 5.41 Å². The van der Waals surface area contributed by atoms with Gasteiger partial charge in [0.15, 0.2) is 0 Å². The van der Waals surface area contributed by atoms with Crippen LogP contribution < -0.4 is 15.4 Å². The van der Waals surface area contributed by atoms with Crippen molar-refractivity contribution < 1.29 is 9.13 Å². The molecule has 0 saturated carbocycles. The molecule has 2 heterocycles. The van der Waals surface area contributed by atoms with Gasteiger partial charge in [0.2, 0.25) is 11.8 Å². The Balaban J connectivity index is 1.97. The van der Waals surface area contributed by atoms with Crippen molar-refractivity contribution in [3.63, 3.8) is 0 Å². The van der Waals surface area contributed by atoms with E-state index in [2.05, 4.69) is 34.8 Å². The first kappa shape index (κ1) is 19.3. The monoisotopic (exact) mass is 408 g/mol. The van der Waals surface area contributed by atoms with E-state index in [-0.39, 0.29) is 6.54 Å². The maximum atomic E-state index is 13.1. The Kier molecular flexibility index (Phi) is 6.08. The second kappa shape index (κ2) is 8.50. The zero-order valence-electron chi connectivity index (χ0n) is 14.5. The first-order chi connectivity index (χ1) is 13.0. The maximum absolute atomic E-state index is 13.1. The largest absolute Gasteiger partial charge is 0.477 e. The maximum Gasteiger partial charge on any atom is 0.232 e. The summed E-state index contributed by atoms with van der Waals surface area (Å²) in [5.74, 6) is -0.429. The number of fused-ring (bicyclic) bond motifs is 1. The van der Waals surface area contributed by atoms with Crippen LogP contribution in [0.4, 0.5) is 21.7 Å². The molecule has 2 atom stereocenters. The van der Waals surface area contributed by atoms with Gasteiger partial charge in [-0.2, -0.15) is 9.97 Å². The number of hydrogen-bond donors (Lipinski definition) is 4. The highest BCUT2D eigenvalue weighted by molar-refractivity contribution is 7.17. The molecule has 4 N–H and O–H groups in total. The SMILES string of the molecule is CCOc1nc(Nc2cccc(NCC(F)P)c2C=N)nc2[nH]cc(Cl)c12. The molecule has 0 bridgehead atoms. The Morgan fingerprint density at radius 1 is 1.41 bits per heavy atom. The lowest BCUT2D eigenvalue weighted by molar-refractivity contribution is 0.331. The fourth-order valence-corrected chi connectivity index (χ4v) is 2.92. The molecule has 0 aliphatic carbocycles. The number of ether oxygens (including phenoxy) is 1. The quantitative estimate of drug-likeness (QED) is 0.328. The number of hydrogen-bond acceptors (Lipinski definition) is 6. The van der Waals surface area contributed by atoms with Gasteiger partial charge >= 0.3 is 0 Å². The fraction of sp³-hybridized carbons (Fsp3) is 0.235. The molecular formula is C17H19ClFN6OP. The van der Waals surface area contributed by atoms with Crippen LogP contribution in [-0.2, 0) is 0 Å². The van der Waals surface area contributed by atoms with Crippen molar-refractivity contribution >= 4 is 55.4 Å². The second-order valence-corrected chi connectivity index (χ2v) is 6.71. The molecule has 0 aliphatic rings. The number of aromatic amines is 1. The summed E-state index contributed by atoms with van der Waals surface area (Å²) in [6.07, 6.45) is 2.81. The molecule has 2 unspecified atom stereocenters. The molecule has 0 amide bonds. The number of halogens is 2. The Bertz CT molecular complexity index is 964. The molecule has 2 aromatic heterocycles. The van der Waals surface area contributed by atoms with Crippen molar-refractivity contribution in [1.82, 2.24) is 15.0 Å². The number of anilines is 3. The third-order valence-electron chi connectivity index (χ3n) is 3.72. The standard InChI is InChI=1S/C17H19ClFN6OP/c1-2-26-16-14-10(18)7-22-15(14)24-17(25-16)23-12-5-3-4-11(9(12)6-20)21-8-13(19)27/h3-7,13,20-21H,2,8,27H2,1H3,(H2,22,23,24,25). The number of nitrogens with one attached hydrogen (secondary N) is 4. The lowest BCUT2D eigenvalue weighted by atomic mass is 10.1. The second-order valence-electron chi connectivity index (χ2n) is 5.58. The summed E-state index contributed by atoms with van der Waals surface area (Å²) in [4.78, 5) is 11.8. The molecule has 0 fully saturated rings. The minimum Gasteiger partial charge on any atom is -0.477 e. The molecule has 3 rings (SSSR count). The van der Waals surface area contributed by atoms with Crippen LogP contribution in [0.15, 0.2) is 24.4 Å². The average Bonchev–Trinajstić information content (AvgIpc) is 3.01. The van der Waals surface area contributed by atoms with E-state index in [4.69, 9.17) is 21.7 Å². The molecular weight excluding hydrogens is 390 g/mol. The summed E-state index contributed by atoms with van der Waals surface area (Å²) in [5, 5.41) is 14.9. The minimum atomic E-state index is -1.09. The number of nitrogens with zero attached hydrogens (tertiary/aromatic N) is 2. The molecule has 3 aromatic rings. The first-order valence-corrected chi connectivity index (χ1v) is 9.29. The van der Waals surface area contributed by atoms with Gasteiger partial charge in [-0.1, -0.05) is 26.9 Å². The van der Waals surface area contributed by atoms with Crippen molar-refractivity contribution in [2.45, 2.75) is 12.8 Å². The van der Waals surface area contributed by atoms with Crippen LogP contribution in [0.1, 0.15) is 12.5 Å². The molecule has 7 nitrogen and oxygen atoms in total. The van der Waals surface area contributed by atoms with Crippen LogP contribution in [-0.4, -0.2) is 40.2 Å². The smallest absolute Gasteiger partial charge is 0.232 e. The summed E-state index contributed by atoms with van der Waals surface area (Å²) in [7, 11) is 2.08. The van der Waals surface area contributed by atoms with Crippen molar-refractivity contribution in [2.75, 3.05) is 23.8 Å². The molecule has 0 spiro atoms. The third-order valence-corrected chi connectivity index (χ3v) is 4.25. The van der Waals surface area contributed by atoms with Crippen LogP contribution in [0.2, 0.25) is 5.02 Å². The lowest BCUT2D eigenvalue weighted by Gasteiger charge is -2.15. The van der Waals surface area contributed by atoms with Crippen LogP contribution in [0.5, 0.6) is 5.88 Å². The normalized spacial score (nSPS) is 12.0. The topological polar surface area (TPSA) is 98.7 Å². The van der Waals surface area contributed by atoms with Gasteiger partial charge in [-0.05, 0) is 19.1 Å². The summed E-state index contributed by atoms with van der Waals surface area (Å²) in [6, 6.07) is 5.36. The van der Waals surface area contributed by atoms with Gasteiger partial charge in [0.1, 0.15) is 11.6 Å². The van der Waals surface area contributed by atoms with Crippen LogP contribution >= 0.6 is 20.8 Å². The van der Waals surface area contributed by atoms with E-state index >= 15 is 0 Å². The number of H-pyrrole nitrogens is 1. The minimum absolute atomic E-state index is 0.118. The summed E-state index contributed by atoms with van der Waals surface area (Å²) < 4.78 is 18.7. The van der Waals surface area contributed by atoms with E-state index < -0.39 is 5.91 Å². The first-order valence-electron chi connectivity index (χ1n) is 8.25. The van der Waals surface area contributed by atoms with Gasteiger partial charge in [0.05, 0.1) is 22.7 Å². The predicted octanol–water partition coefficient (Wildman–Crippen LogP) is 4.33. The van der Waals surface area contributed by atoms with Crippen LogP contribution in [0.25, 0.3) is 11.0 Å². The van der Waals surface area contributed by atoms with E-state index in [1.165, 1.54) is 6.21 Å². The van der Waals surface area contributed by atoms with Gasteiger partial charge in [0.25, 0.3) is 0 Å². The van der Waals surface area contributed by atoms with Crippen LogP contribution in [0, 0.1) is 5.41 Å². The van der Waals surface area contributed by atoms with E-state index in [9.17, 15) is 4.39 Å². The van der Waals surface area contributed by atoms with E-state index in [0.717, 1.165) is 0 Å². The number of aromatic nitrogens is 3. The Hall–Kier alpha value is -2.44.